The smallest absolute Gasteiger partial charge is 0.399 e. The molecule has 0 amide bonds. The monoisotopic (exact) mass is 1550 g/mol. The molecule has 566 valence electrons. The summed E-state index contributed by atoms with van der Waals surface area (Å²) >= 11 is 6.74. The number of hydrogen-bond acceptors (Lipinski definition) is 13. The van der Waals surface area contributed by atoms with Crippen molar-refractivity contribution >= 4 is 74.1 Å². The Kier molecular flexibility index (Phi) is 37.6. The van der Waals surface area contributed by atoms with Gasteiger partial charge < -0.3 is 50.8 Å². The Morgan fingerprint density at radius 1 is 0.346 bits per heavy atom. The van der Waals surface area contributed by atoms with Crippen LogP contribution in [0.1, 0.15) is 213 Å². The molecule has 0 aliphatic carbocycles. The van der Waals surface area contributed by atoms with Gasteiger partial charge in [-0.1, -0.05) is 200 Å². The van der Waals surface area contributed by atoms with E-state index in [-0.39, 0.29) is 36.6 Å². The molecular formula is C84H126B2Br2N12O4. The molecule has 0 radical (unpaired) electrons. The Labute approximate surface area is 644 Å². The second kappa shape index (κ2) is 43.7. The summed E-state index contributed by atoms with van der Waals surface area (Å²) in [6.07, 6.45) is 13.1. The number of nitrogens with zero attached hydrogens (tertiary/aromatic N) is 6. The molecule has 0 saturated carbocycles. The molecule has 5 saturated heterocycles. The molecule has 9 N–H and O–H groups in total. The fourth-order valence-corrected chi connectivity index (χ4v) is 12.3. The van der Waals surface area contributed by atoms with Crippen LogP contribution in [0.15, 0.2) is 173 Å². The van der Waals surface area contributed by atoms with Crippen molar-refractivity contribution in [3.05, 3.63) is 191 Å². The molecule has 0 spiro atoms. The van der Waals surface area contributed by atoms with Gasteiger partial charge in [-0.2, -0.15) is 0 Å². The first-order chi connectivity index (χ1) is 49.8. The largest absolute Gasteiger partial charge is 0.494 e. The normalized spacial score (nSPS) is 18.5. The minimum atomic E-state index is -0.321. The third-order valence-electron chi connectivity index (χ3n) is 19.0. The first kappa shape index (κ1) is 89.6. The van der Waals surface area contributed by atoms with Gasteiger partial charge in [0.1, 0.15) is 17.5 Å². The van der Waals surface area contributed by atoms with E-state index in [0.717, 1.165) is 95.7 Å². The maximum absolute atomic E-state index is 6.13. The van der Waals surface area contributed by atoms with E-state index in [4.69, 9.17) is 35.8 Å². The number of imidazole rings is 3. The van der Waals surface area contributed by atoms with Crippen LogP contribution in [-0.2, 0) is 18.6 Å². The lowest BCUT2D eigenvalue weighted by Crippen LogP contribution is -2.41. The minimum absolute atomic E-state index is 0.293. The molecule has 5 aliphatic rings. The Morgan fingerprint density at radius 3 is 0.817 bits per heavy atom. The second-order valence-corrected chi connectivity index (χ2v) is 28.5. The van der Waals surface area contributed by atoms with Gasteiger partial charge in [0.15, 0.2) is 0 Å². The molecule has 9 aromatic rings. The summed E-state index contributed by atoms with van der Waals surface area (Å²) < 4.78 is 26.3. The number of likely N-dealkylation sites (tertiary alicyclic amines) is 3. The number of nitrogens with one attached hydrogen (secondary N) is 3. The van der Waals surface area contributed by atoms with Crippen LogP contribution >= 0.6 is 31.9 Å². The molecule has 20 heteroatoms. The van der Waals surface area contributed by atoms with E-state index in [1.807, 2.05) is 190 Å². The van der Waals surface area contributed by atoms with Crippen LogP contribution in [0.25, 0.3) is 44.9 Å². The Hall–Kier alpha value is -6.84. The summed E-state index contributed by atoms with van der Waals surface area (Å²) in [5.41, 5.74) is 29.0. The van der Waals surface area contributed by atoms with Gasteiger partial charge in [-0.15, -0.1) is 0 Å². The third kappa shape index (κ3) is 24.9. The quantitative estimate of drug-likeness (QED) is 0.0587. The van der Waals surface area contributed by atoms with Gasteiger partial charge in [0.2, 0.25) is 0 Å². The highest BCUT2D eigenvalue weighted by Gasteiger charge is 2.53. The van der Waals surface area contributed by atoms with Crippen molar-refractivity contribution in [2.24, 2.45) is 0 Å². The van der Waals surface area contributed by atoms with Crippen molar-refractivity contribution < 1.29 is 18.6 Å². The van der Waals surface area contributed by atoms with E-state index < -0.39 is 0 Å². The molecule has 3 atom stereocenters. The minimum Gasteiger partial charge on any atom is -0.399 e. The highest BCUT2D eigenvalue weighted by Crippen LogP contribution is 2.39. The van der Waals surface area contributed by atoms with Crippen molar-refractivity contribution in [2.45, 2.75) is 218 Å². The zero-order valence-electron chi connectivity index (χ0n) is 67.1. The van der Waals surface area contributed by atoms with Gasteiger partial charge in [0.05, 0.1) is 76.2 Å². The SMILES string of the molecule is CC.CC.CC.CC.CC.CC.CC1(C)OB(c2ccc(N)cc2)OC1(C)C.CN1CCC[C@H]1c1ncc(-c2ccc(-c3ccc(N)cc3)cc2)[nH]1.CN1CCC[C@H]1c1ncc(-c2ccc(B3OC(C)(C)C(C)(C)O3)cc2)[nH]1.CN1CCC[C@H]1c1ncc(-c2ccc(Br)cc2)[nH]1.Nc1ccc(Br)cc1. The van der Waals surface area contributed by atoms with Crippen LogP contribution < -0.4 is 28.1 Å². The van der Waals surface area contributed by atoms with Crippen LogP contribution in [0.5, 0.6) is 0 Å². The summed E-state index contributed by atoms with van der Waals surface area (Å²) in [5.74, 6) is 3.23. The average molecular weight is 1550 g/mol. The number of halogens is 2. The van der Waals surface area contributed by atoms with E-state index in [1.54, 1.807) is 0 Å². The molecule has 5 fully saturated rings. The Morgan fingerprint density at radius 2 is 0.558 bits per heavy atom. The number of nitrogens with two attached hydrogens (primary N) is 3. The molecule has 16 nitrogen and oxygen atoms in total. The maximum Gasteiger partial charge on any atom is 0.494 e. The van der Waals surface area contributed by atoms with Gasteiger partial charge in [-0.3, -0.25) is 14.7 Å². The molecule has 14 rings (SSSR count). The number of nitrogen functional groups attached to an aromatic ring is 3. The van der Waals surface area contributed by atoms with Gasteiger partial charge in [0.25, 0.3) is 0 Å². The van der Waals surface area contributed by atoms with E-state index in [0.29, 0.717) is 18.1 Å². The van der Waals surface area contributed by atoms with Crippen molar-refractivity contribution in [2.75, 3.05) is 58.0 Å². The number of benzene rings is 6. The summed E-state index contributed by atoms with van der Waals surface area (Å²) in [6.45, 7) is 43.9. The zero-order chi connectivity index (χ0) is 77.5. The van der Waals surface area contributed by atoms with Crippen LogP contribution in [0.2, 0.25) is 0 Å². The first-order valence-corrected chi connectivity index (χ1v) is 39.6. The Bertz CT molecular complexity index is 3760. The van der Waals surface area contributed by atoms with E-state index >= 15 is 0 Å². The van der Waals surface area contributed by atoms with E-state index in [9.17, 15) is 0 Å². The average Bonchev–Trinajstić information content (AvgIpc) is 1.63. The van der Waals surface area contributed by atoms with Gasteiger partial charge in [-0.05, 0) is 234 Å². The number of hydrogen-bond donors (Lipinski definition) is 6. The number of anilines is 3. The number of rotatable bonds is 9. The van der Waals surface area contributed by atoms with Crippen molar-refractivity contribution in [3.8, 4) is 44.9 Å². The summed E-state index contributed by atoms with van der Waals surface area (Å²) in [5, 5.41) is 0. The van der Waals surface area contributed by atoms with Crippen LogP contribution in [0.4, 0.5) is 17.1 Å². The topological polar surface area (TPSA) is 211 Å². The number of aromatic nitrogens is 6. The summed E-state index contributed by atoms with van der Waals surface area (Å²) in [6, 6.07) is 49.6. The van der Waals surface area contributed by atoms with Crippen LogP contribution in [0.3, 0.4) is 0 Å². The Balaban J connectivity index is 0.000000273. The van der Waals surface area contributed by atoms with Crippen LogP contribution in [0, 0.1) is 0 Å². The van der Waals surface area contributed by atoms with E-state index in [2.05, 4.69) is 210 Å². The summed E-state index contributed by atoms with van der Waals surface area (Å²) in [4.78, 5) is 31.3. The molecule has 104 heavy (non-hydrogen) atoms. The van der Waals surface area contributed by atoms with Crippen molar-refractivity contribution in [3.63, 3.8) is 0 Å². The second-order valence-electron chi connectivity index (χ2n) is 26.7. The van der Waals surface area contributed by atoms with Gasteiger partial charge >= 0.3 is 14.2 Å². The predicted octanol–water partition coefficient (Wildman–Crippen LogP) is 20.6. The highest BCUT2D eigenvalue weighted by atomic mass is 79.9. The lowest BCUT2D eigenvalue weighted by Gasteiger charge is -2.32. The first-order valence-electron chi connectivity index (χ1n) is 38.0. The van der Waals surface area contributed by atoms with Crippen molar-refractivity contribution in [1.82, 2.24) is 44.6 Å². The van der Waals surface area contributed by atoms with E-state index in [1.165, 1.54) is 61.8 Å². The zero-order valence-corrected chi connectivity index (χ0v) is 70.3. The molecule has 0 unspecified atom stereocenters. The lowest BCUT2D eigenvalue weighted by atomic mass is 9.79. The summed E-state index contributed by atoms with van der Waals surface area (Å²) in [7, 11) is 5.88. The molecule has 8 heterocycles. The number of aromatic amines is 3. The predicted molar refractivity (Wildman–Crippen MR) is 452 cm³/mol. The lowest BCUT2D eigenvalue weighted by molar-refractivity contribution is 0.00578. The maximum atomic E-state index is 6.13. The molecule has 5 aliphatic heterocycles. The highest BCUT2D eigenvalue weighted by molar-refractivity contribution is 9.10. The fourth-order valence-electron chi connectivity index (χ4n) is 11.8. The third-order valence-corrected chi connectivity index (χ3v) is 20.0. The molecule has 6 aromatic carbocycles. The molecule has 0 bridgehead atoms. The fraction of sp³-hybridized carbons (Fsp3) is 0.464. The van der Waals surface area contributed by atoms with Gasteiger partial charge in [-0.25, -0.2) is 15.0 Å². The van der Waals surface area contributed by atoms with Crippen LogP contribution in [-0.4, -0.2) is 122 Å². The van der Waals surface area contributed by atoms with Crippen molar-refractivity contribution in [1.29, 1.82) is 0 Å². The standard InChI is InChI=1S/C20H28BN3O2.C20H22N4.C14H16BrN3.C12H18BNO2.C6H6BrN.6C2H6/c1-19(2)20(3,4)26-21(25-19)15-10-8-14(9-11-15)16-13-22-18(23-16)17-7-6-12-24(17)5;1-24-12-2-3-19(24)20-22-13-18(23-20)16-6-4-14(5-7-16)15-8-10-17(21)11-9-15;1-18-8-2-3-13(18)14-16-9-12(17-14)10-4-6-11(15)7-5-10;1-11(2)12(3,4)16-13(15-11)9-5-7-10(14)8-6-9;7-5-1-3-6(8)4-2-5;6*1-2/h8-11,13,17H,6-7,12H2,1-5H3,(H,22,23);4-11,13,19H,2-3,12,21H2,1H3,(H,22,23);4-7,9,13H,2-3,8H2,1H3,(H,16,17);5-8H,14H2,1-4H3;1-4H,8H2;6*1-2H3/t17-;19-;13-;;;;;;;;/m000......../s1. The molecule has 3 aromatic heterocycles. The number of H-pyrrole nitrogens is 3. The molecular weight excluding hydrogens is 1420 g/mol. The van der Waals surface area contributed by atoms with Gasteiger partial charge in [0, 0.05) is 26.0 Å².